The van der Waals surface area contributed by atoms with Gasteiger partial charge in [0, 0.05) is 23.4 Å². The standard InChI is InChI=1S/C51H78N2O9/c1-44(2,3)61-42(56)52-33(27-30-29-53(43(57)62-45(4,5)6)34-18-16-15-17-31(30)34)41(55)59-38-21-23-48(11)36(46(38,7)8)20-25-49(12)37(48)28-35(54)40-32(19-24-50(40,49)13)51(14)26-22-39(60-51)47(9,10)58/h15-18,29,32-33,35-40,54,58H,19-28H2,1-14H3,(H,52,56)/t32-,33-,35+,36-,37+,38-,39-,40-,48-,49+,50+,51-/m0/s1. The van der Waals surface area contributed by atoms with Gasteiger partial charge in [-0.2, -0.15) is 0 Å². The lowest BCUT2D eigenvalue weighted by Crippen LogP contribution is -2.67. The number of hydrogen-bond donors (Lipinski definition) is 3. The fourth-order valence-electron chi connectivity index (χ4n) is 14.2. The van der Waals surface area contributed by atoms with Crippen LogP contribution in [0.1, 0.15) is 160 Å². The second kappa shape index (κ2) is 15.5. The molecule has 62 heavy (non-hydrogen) atoms. The predicted molar refractivity (Wildman–Crippen MR) is 240 cm³/mol. The Labute approximate surface area is 370 Å². The summed E-state index contributed by atoms with van der Waals surface area (Å²) in [6, 6.07) is 6.37. The number of nitrogens with one attached hydrogen (secondary N) is 1. The van der Waals surface area contributed by atoms with Crippen LogP contribution in [0.15, 0.2) is 30.5 Å². The molecule has 4 saturated carbocycles. The molecule has 4 aliphatic carbocycles. The molecule has 5 aliphatic rings. The summed E-state index contributed by atoms with van der Waals surface area (Å²) in [7, 11) is 0. The van der Waals surface area contributed by atoms with E-state index in [9.17, 15) is 24.6 Å². The number of esters is 1. The van der Waals surface area contributed by atoms with Crippen LogP contribution in [0.25, 0.3) is 10.9 Å². The molecule has 11 nitrogen and oxygen atoms in total. The van der Waals surface area contributed by atoms with E-state index in [1.54, 1.807) is 27.0 Å². The number of ether oxygens (including phenoxy) is 4. The zero-order valence-corrected chi connectivity index (χ0v) is 40.3. The third-order valence-electron chi connectivity index (χ3n) is 17.3. The molecule has 0 unspecified atom stereocenters. The third-order valence-corrected chi connectivity index (χ3v) is 17.3. The van der Waals surface area contributed by atoms with E-state index in [1.165, 1.54) is 4.57 Å². The second-order valence-electron chi connectivity index (χ2n) is 24.3. The van der Waals surface area contributed by atoms with Gasteiger partial charge in [0.1, 0.15) is 23.3 Å². The molecule has 2 aromatic rings. The van der Waals surface area contributed by atoms with E-state index in [0.29, 0.717) is 17.5 Å². The molecule has 7 rings (SSSR count). The van der Waals surface area contributed by atoms with Gasteiger partial charge in [-0.3, -0.25) is 4.57 Å². The van der Waals surface area contributed by atoms with Crippen molar-refractivity contribution in [2.45, 2.75) is 208 Å². The number of aliphatic hydroxyl groups excluding tert-OH is 1. The number of para-hydroxylation sites is 1. The highest BCUT2D eigenvalue weighted by Gasteiger charge is 2.72. The smallest absolute Gasteiger partial charge is 0.419 e. The molecule has 0 bridgehead atoms. The van der Waals surface area contributed by atoms with Crippen LogP contribution in [0.5, 0.6) is 0 Å². The summed E-state index contributed by atoms with van der Waals surface area (Å²) < 4.78 is 26.2. The normalized spacial score (nSPS) is 37.5. The Hall–Kier alpha value is -3.15. The van der Waals surface area contributed by atoms with Crippen molar-refractivity contribution in [1.82, 2.24) is 9.88 Å². The van der Waals surface area contributed by atoms with E-state index in [-0.39, 0.29) is 58.0 Å². The number of aliphatic hydroxyl groups is 2. The summed E-state index contributed by atoms with van der Waals surface area (Å²) in [6.07, 6.45) is 7.50. The fraction of sp³-hybridized carbons (Fsp3) is 0.784. The molecule has 1 aliphatic heterocycles. The highest BCUT2D eigenvalue weighted by Crippen LogP contribution is 2.76. The van der Waals surface area contributed by atoms with E-state index >= 15 is 0 Å². The monoisotopic (exact) mass is 863 g/mol. The van der Waals surface area contributed by atoms with Crippen molar-refractivity contribution < 1.29 is 43.5 Å². The van der Waals surface area contributed by atoms with Crippen LogP contribution in [-0.4, -0.2) is 79.7 Å². The van der Waals surface area contributed by atoms with Crippen LogP contribution in [-0.2, 0) is 30.2 Å². The van der Waals surface area contributed by atoms with Crippen LogP contribution in [0, 0.1) is 45.3 Å². The third kappa shape index (κ3) is 8.11. The first kappa shape index (κ1) is 46.8. The molecule has 3 N–H and O–H groups in total. The highest BCUT2D eigenvalue weighted by molar-refractivity contribution is 5.93. The van der Waals surface area contributed by atoms with Crippen molar-refractivity contribution in [3.05, 3.63) is 36.0 Å². The molecule has 346 valence electrons. The first-order valence-corrected chi connectivity index (χ1v) is 23.5. The van der Waals surface area contributed by atoms with Gasteiger partial charge >= 0.3 is 18.2 Å². The van der Waals surface area contributed by atoms with Crippen molar-refractivity contribution in [2.24, 2.45) is 45.3 Å². The molecular formula is C51H78N2O9. The van der Waals surface area contributed by atoms with Gasteiger partial charge in [-0.1, -0.05) is 52.8 Å². The number of amides is 1. The number of rotatable bonds is 7. The van der Waals surface area contributed by atoms with Crippen molar-refractivity contribution in [3.8, 4) is 0 Å². The number of carbonyl (C=O) groups is 3. The number of nitrogens with zero attached hydrogens (tertiary/aromatic N) is 1. The summed E-state index contributed by atoms with van der Waals surface area (Å²) in [4.78, 5) is 41.3. The first-order valence-electron chi connectivity index (χ1n) is 23.5. The highest BCUT2D eigenvalue weighted by atomic mass is 16.6. The van der Waals surface area contributed by atoms with Crippen LogP contribution in [0.3, 0.4) is 0 Å². The summed E-state index contributed by atoms with van der Waals surface area (Å²) in [5, 5.41) is 26.9. The lowest BCUT2D eigenvalue weighted by molar-refractivity contribution is -0.251. The van der Waals surface area contributed by atoms with Gasteiger partial charge in [-0.25, -0.2) is 14.4 Å². The minimum atomic E-state index is -1.09. The number of carbonyl (C=O) groups excluding carboxylic acids is 3. The largest absolute Gasteiger partial charge is 0.460 e. The van der Waals surface area contributed by atoms with E-state index in [1.807, 2.05) is 58.9 Å². The van der Waals surface area contributed by atoms with E-state index in [0.717, 1.165) is 56.8 Å². The van der Waals surface area contributed by atoms with Crippen molar-refractivity contribution in [1.29, 1.82) is 0 Å². The summed E-state index contributed by atoms with van der Waals surface area (Å²) in [6.45, 7) is 28.6. The summed E-state index contributed by atoms with van der Waals surface area (Å²) in [5.74, 6) is 0.316. The Morgan fingerprint density at radius 2 is 1.48 bits per heavy atom. The maximum Gasteiger partial charge on any atom is 0.419 e. The predicted octanol–water partition coefficient (Wildman–Crippen LogP) is 10.1. The molecule has 5 fully saturated rings. The Balaban J connectivity index is 1.12. The van der Waals surface area contributed by atoms with Gasteiger partial charge in [-0.05, 0) is 172 Å². The number of hydrogen-bond acceptors (Lipinski definition) is 9. The van der Waals surface area contributed by atoms with Crippen LogP contribution >= 0.6 is 0 Å². The molecule has 0 radical (unpaired) electrons. The van der Waals surface area contributed by atoms with Crippen LogP contribution in [0.2, 0.25) is 0 Å². The lowest BCUT2D eigenvalue weighted by atomic mass is 9.35. The topological polar surface area (TPSA) is 146 Å². The van der Waals surface area contributed by atoms with E-state index in [2.05, 4.69) is 46.9 Å². The van der Waals surface area contributed by atoms with Gasteiger partial charge < -0.3 is 34.5 Å². The minimum Gasteiger partial charge on any atom is -0.460 e. The second-order valence-corrected chi connectivity index (χ2v) is 24.3. The number of fused-ring (bicyclic) bond motifs is 6. The molecule has 1 aromatic heterocycles. The zero-order chi connectivity index (χ0) is 45.8. The quantitative estimate of drug-likeness (QED) is 0.183. The van der Waals surface area contributed by atoms with E-state index in [4.69, 9.17) is 18.9 Å². The van der Waals surface area contributed by atoms with Crippen LogP contribution in [0.4, 0.5) is 9.59 Å². The number of benzene rings is 1. The molecule has 1 aromatic carbocycles. The van der Waals surface area contributed by atoms with Gasteiger partial charge in [0.2, 0.25) is 0 Å². The maximum absolute atomic E-state index is 14.6. The summed E-state index contributed by atoms with van der Waals surface area (Å²) >= 11 is 0. The molecular weight excluding hydrogens is 785 g/mol. The lowest BCUT2D eigenvalue weighted by Gasteiger charge is -2.70. The van der Waals surface area contributed by atoms with Gasteiger partial charge in [0.05, 0.1) is 28.9 Å². The minimum absolute atomic E-state index is 0.00200. The molecule has 12 atom stereocenters. The van der Waals surface area contributed by atoms with Crippen molar-refractivity contribution in [2.75, 3.05) is 0 Å². The van der Waals surface area contributed by atoms with Gasteiger partial charge in [-0.15, -0.1) is 0 Å². The van der Waals surface area contributed by atoms with E-state index < -0.39 is 58.6 Å². The fourth-order valence-corrected chi connectivity index (χ4v) is 14.2. The molecule has 1 saturated heterocycles. The molecule has 11 heteroatoms. The first-order chi connectivity index (χ1) is 28.4. The number of aromatic nitrogens is 1. The molecule has 2 heterocycles. The van der Waals surface area contributed by atoms with Crippen molar-refractivity contribution >= 4 is 29.1 Å². The Bertz CT molecular complexity index is 2040. The molecule has 1 amide bonds. The SMILES string of the molecule is CC(C)(C)OC(=O)N[C@@H](Cc1cn(C(=O)OC(C)(C)C)c2ccccc12)C(=O)O[C@H]1CC[C@]2(C)[C@H]3C[C@@H](O)[C@@H]4[C@@H]([C@]5(C)CC[C@@H](C(C)(C)O)O5)CC[C@@]4(C)[C@]3(C)CC[C@H]2C1(C)C. The average Bonchev–Trinajstić information content (AvgIpc) is 3.84. The van der Waals surface area contributed by atoms with Crippen LogP contribution < -0.4 is 5.32 Å². The Morgan fingerprint density at radius 1 is 0.839 bits per heavy atom. The average molecular weight is 863 g/mol. The Morgan fingerprint density at radius 3 is 2.11 bits per heavy atom. The Kier molecular flexibility index (Phi) is 11.7. The molecule has 0 spiro atoms. The van der Waals surface area contributed by atoms with Crippen molar-refractivity contribution in [3.63, 3.8) is 0 Å². The van der Waals surface area contributed by atoms with Gasteiger partial charge in [0.25, 0.3) is 0 Å². The summed E-state index contributed by atoms with van der Waals surface area (Å²) in [5.41, 5.74) is -2.03. The van der Waals surface area contributed by atoms with Gasteiger partial charge in [0.15, 0.2) is 0 Å². The maximum atomic E-state index is 14.6. The number of alkyl carbamates (subject to hydrolysis) is 1. The zero-order valence-electron chi connectivity index (χ0n) is 40.3.